The average Bonchev–Trinajstić information content (AvgIpc) is 3.63. The van der Waals surface area contributed by atoms with E-state index in [2.05, 4.69) is 15.4 Å². The standard InChI is InChI=1S/C27H21F6N3O2/c28-20-8-6-18(7-9-20)26(15-17-4-2-1-3-5-17,36-24(37)35-25(16-34)10-11-25)19-12-21(29)14-22(13-19)38-27(32,33)23(30)31/h1-9,12-14,23H,10-11,15H2,(H2,35,36,37)/t26-/m1/s1. The molecule has 0 radical (unpaired) electrons. The molecule has 1 aliphatic rings. The smallest absolute Gasteiger partial charge is 0.428 e. The van der Waals surface area contributed by atoms with Gasteiger partial charge >= 0.3 is 18.6 Å². The second-order valence-corrected chi connectivity index (χ2v) is 8.99. The Balaban J connectivity index is 1.88. The Bertz CT molecular complexity index is 1340. The molecule has 0 aliphatic heterocycles. The van der Waals surface area contributed by atoms with Gasteiger partial charge in [0.15, 0.2) is 0 Å². The Labute approximate surface area is 214 Å². The fourth-order valence-corrected chi connectivity index (χ4v) is 4.10. The minimum Gasteiger partial charge on any atom is -0.428 e. The molecule has 0 spiro atoms. The van der Waals surface area contributed by atoms with Crippen LogP contribution in [0.4, 0.5) is 31.1 Å². The lowest BCUT2D eigenvalue weighted by molar-refractivity contribution is -0.253. The molecule has 198 valence electrons. The van der Waals surface area contributed by atoms with Crippen molar-refractivity contribution in [2.75, 3.05) is 0 Å². The SMILES string of the molecule is N#CC1(NC(=O)N[C@](Cc2ccccc2)(c2ccc(F)cc2)c2cc(F)cc(OC(F)(F)C(F)F)c2)CC1. The van der Waals surface area contributed by atoms with Crippen LogP contribution in [0.5, 0.6) is 5.75 Å². The lowest BCUT2D eigenvalue weighted by Gasteiger charge is -2.37. The van der Waals surface area contributed by atoms with E-state index in [9.17, 15) is 36.4 Å². The van der Waals surface area contributed by atoms with Gasteiger partial charge < -0.3 is 15.4 Å². The number of nitrogens with one attached hydrogen (secondary N) is 2. The zero-order chi connectivity index (χ0) is 27.6. The fourth-order valence-electron chi connectivity index (χ4n) is 4.10. The number of ether oxygens (including phenoxy) is 1. The summed E-state index contributed by atoms with van der Waals surface area (Å²) in [4.78, 5) is 13.2. The van der Waals surface area contributed by atoms with E-state index in [1.807, 2.05) is 6.07 Å². The molecule has 1 fully saturated rings. The highest BCUT2D eigenvalue weighted by Crippen LogP contribution is 2.39. The van der Waals surface area contributed by atoms with Gasteiger partial charge in [-0.1, -0.05) is 42.5 Å². The number of carbonyl (C=O) groups is 1. The summed E-state index contributed by atoms with van der Waals surface area (Å²) in [5.41, 5.74) is -2.17. The lowest BCUT2D eigenvalue weighted by Crippen LogP contribution is -2.54. The van der Waals surface area contributed by atoms with Crippen LogP contribution in [-0.4, -0.2) is 24.1 Å². The predicted octanol–water partition coefficient (Wildman–Crippen LogP) is 6.04. The first-order valence-corrected chi connectivity index (χ1v) is 11.4. The van der Waals surface area contributed by atoms with Crippen molar-refractivity contribution in [3.05, 3.63) is 101 Å². The predicted molar refractivity (Wildman–Crippen MR) is 125 cm³/mol. The van der Waals surface area contributed by atoms with Crippen LogP contribution in [0.1, 0.15) is 29.5 Å². The monoisotopic (exact) mass is 533 g/mol. The first kappa shape index (κ1) is 26.9. The third-order valence-corrected chi connectivity index (χ3v) is 6.16. The Morgan fingerprint density at radius 1 is 0.974 bits per heavy atom. The number of carbonyl (C=O) groups excluding carboxylic acids is 1. The summed E-state index contributed by atoms with van der Waals surface area (Å²) in [6.07, 6.45) is -8.40. The van der Waals surface area contributed by atoms with Gasteiger partial charge in [-0.15, -0.1) is 0 Å². The molecule has 38 heavy (non-hydrogen) atoms. The van der Waals surface area contributed by atoms with E-state index in [1.165, 1.54) is 12.1 Å². The van der Waals surface area contributed by atoms with Gasteiger partial charge in [0.25, 0.3) is 0 Å². The van der Waals surface area contributed by atoms with Crippen LogP contribution in [-0.2, 0) is 12.0 Å². The van der Waals surface area contributed by atoms with E-state index in [1.54, 1.807) is 30.3 Å². The van der Waals surface area contributed by atoms with Crippen LogP contribution in [0.3, 0.4) is 0 Å². The van der Waals surface area contributed by atoms with Crippen molar-refractivity contribution in [3.8, 4) is 11.8 Å². The van der Waals surface area contributed by atoms with E-state index in [-0.39, 0.29) is 17.5 Å². The second-order valence-electron chi connectivity index (χ2n) is 8.99. The summed E-state index contributed by atoms with van der Waals surface area (Å²) in [6.45, 7) is 0. The first-order chi connectivity index (χ1) is 18.0. The summed E-state index contributed by atoms with van der Waals surface area (Å²) in [5, 5.41) is 14.7. The maximum absolute atomic E-state index is 14.8. The quantitative estimate of drug-likeness (QED) is 0.329. The number of nitrogens with zero attached hydrogens (tertiary/aromatic N) is 1. The highest BCUT2D eigenvalue weighted by Gasteiger charge is 2.47. The van der Waals surface area contributed by atoms with Gasteiger partial charge in [0.2, 0.25) is 0 Å². The van der Waals surface area contributed by atoms with E-state index < -0.39 is 47.0 Å². The lowest BCUT2D eigenvalue weighted by atomic mass is 9.77. The Kier molecular flexibility index (Phi) is 7.26. The number of hydrogen-bond donors (Lipinski definition) is 2. The normalized spacial score (nSPS) is 15.7. The molecule has 0 aromatic heterocycles. The van der Waals surface area contributed by atoms with E-state index >= 15 is 0 Å². The molecule has 2 N–H and O–H groups in total. The van der Waals surface area contributed by atoms with Crippen LogP contribution in [0.2, 0.25) is 0 Å². The maximum Gasteiger partial charge on any atom is 0.461 e. The van der Waals surface area contributed by atoms with E-state index in [4.69, 9.17) is 0 Å². The summed E-state index contributed by atoms with van der Waals surface area (Å²) >= 11 is 0. The van der Waals surface area contributed by atoms with E-state index in [0.717, 1.165) is 24.3 Å². The molecule has 0 heterocycles. The summed E-state index contributed by atoms with van der Waals surface area (Å²) < 4.78 is 85.8. The number of alkyl halides is 4. The molecule has 0 saturated heterocycles. The number of urea groups is 1. The fraction of sp³-hybridized carbons (Fsp3) is 0.259. The Morgan fingerprint density at radius 2 is 1.63 bits per heavy atom. The van der Waals surface area contributed by atoms with Crippen LogP contribution >= 0.6 is 0 Å². The number of nitriles is 1. The minimum atomic E-state index is -4.92. The molecule has 11 heteroatoms. The van der Waals surface area contributed by atoms with E-state index in [0.29, 0.717) is 24.5 Å². The van der Waals surface area contributed by atoms with Crippen molar-refractivity contribution in [3.63, 3.8) is 0 Å². The number of halogens is 6. The van der Waals surface area contributed by atoms with Crippen LogP contribution in [0, 0.1) is 23.0 Å². The van der Waals surface area contributed by atoms with Crippen molar-refractivity contribution < 1.29 is 35.9 Å². The highest BCUT2D eigenvalue weighted by molar-refractivity contribution is 5.78. The Hall–Kier alpha value is -4.20. The molecule has 3 aromatic carbocycles. The highest BCUT2D eigenvalue weighted by atomic mass is 19.3. The summed E-state index contributed by atoms with van der Waals surface area (Å²) in [5.74, 6) is -2.64. The van der Waals surface area contributed by atoms with Crippen molar-refractivity contribution >= 4 is 6.03 Å². The number of hydrogen-bond acceptors (Lipinski definition) is 3. The molecule has 0 bridgehead atoms. The van der Waals surface area contributed by atoms with Gasteiger partial charge in [0, 0.05) is 12.5 Å². The zero-order valence-corrected chi connectivity index (χ0v) is 19.7. The molecular weight excluding hydrogens is 512 g/mol. The molecule has 1 atom stereocenters. The van der Waals surface area contributed by atoms with Gasteiger partial charge in [0.1, 0.15) is 22.9 Å². The largest absolute Gasteiger partial charge is 0.461 e. The molecule has 1 saturated carbocycles. The van der Waals surface area contributed by atoms with Gasteiger partial charge in [-0.05, 0) is 53.8 Å². The van der Waals surface area contributed by atoms with Crippen LogP contribution in [0.25, 0.3) is 0 Å². The molecular formula is C27H21F6N3O2. The average molecular weight is 533 g/mol. The number of rotatable bonds is 9. The zero-order valence-electron chi connectivity index (χ0n) is 19.7. The summed E-state index contributed by atoms with van der Waals surface area (Å²) in [6, 6.07) is 16.8. The van der Waals surface area contributed by atoms with Crippen molar-refractivity contribution in [2.45, 2.75) is 42.9 Å². The van der Waals surface area contributed by atoms with Crippen molar-refractivity contribution in [1.82, 2.24) is 10.6 Å². The molecule has 1 aliphatic carbocycles. The molecule has 5 nitrogen and oxygen atoms in total. The third-order valence-electron chi connectivity index (χ3n) is 6.16. The third kappa shape index (κ3) is 5.85. The van der Waals surface area contributed by atoms with Crippen molar-refractivity contribution in [2.24, 2.45) is 0 Å². The number of benzene rings is 3. The topological polar surface area (TPSA) is 74.2 Å². The molecule has 2 amide bonds. The minimum absolute atomic E-state index is 0.0966. The van der Waals surface area contributed by atoms with Crippen LogP contribution in [0.15, 0.2) is 72.8 Å². The van der Waals surface area contributed by atoms with Crippen LogP contribution < -0.4 is 15.4 Å². The van der Waals surface area contributed by atoms with Gasteiger partial charge in [-0.3, -0.25) is 0 Å². The maximum atomic E-state index is 14.8. The van der Waals surface area contributed by atoms with Gasteiger partial charge in [0.05, 0.1) is 11.6 Å². The van der Waals surface area contributed by atoms with Gasteiger partial charge in [-0.2, -0.15) is 22.8 Å². The first-order valence-electron chi connectivity index (χ1n) is 11.4. The Morgan fingerprint density at radius 3 is 2.21 bits per heavy atom. The summed E-state index contributed by atoms with van der Waals surface area (Å²) in [7, 11) is 0. The molecule has 0 unspecified atom stereocenters. The second kappa shape index (κ2) is 10.3. The molecule has 3 aromatic rings. The number of amides is 2. The van der Waals surface area contributed by atoms with Gasteiger partial charge in [-0.25, -0.2) is 13.6 Å². The molecule has 4 rings (SSSR count). The van der Waals surface area contributed by atoms with Crippen molar-refractivity contribution in [1.29, 1.82) is 5.26 Å².